The van der Waals surface area contributed by atoms with Crippen LogP contribution in [-0.4, -0.2) is 23.5 Å². The molecule has 0 saturated carbocycles. The van der Waals surface area contributed by atoms with Crippen LogP contribution in [0.4, 0.5) is 18.9 Å². The lowest BCUT2D eigenvalue weighted by Crippen LogP contribution is -2.24. The van der Waals surface area contributed by atoms with E-state index in [1.807, 2.05) is 0 Å². The molecule has 6 heteroatoms. The molecule has 0 bridgehead atoms. The van der Waals surface area contributed by atoms with Gasteiger partial charge in [-0.2, -0.15) is 13.2 Å². The van der Waals surface area contributed by atoms with E-state index in [1.54, 1.807) is 24.3 Å². The smallest absolute Gasteiger partial charge is 0.380 e. The van der Waals surface area contributed by atoms with Crippen molar-refractivity contribution in [3.05, 3.63) is 48.7 Å². The van der Waals surface area contributed by atoms with Crippen LogP contribution in [-0.2, 0) is 0 Å². The average Bonchev–Trinajstić information content (AvgIpc) is 2.42. The molecule has 0 atom stereocenters. The largest absolute Gasteiger partial charge is 0.455 e. The Morgan fingerprint density at radius 3 is 2.70 bits per heavy atom. The number of ketones is 1. The molecule has 0 fully saturated rings. The molecule has 1 aromatic heterocycles. The van der Waals surface area contributed by atoms with Gasteiger partial charge >= 0.3 is 6.18 Å². The summed E-state index contributed by atoms with van der Waals surface area (Å²) in [5.74, 6) is -1.91. The number of anilines is 1. The third kappa shape index (κ3) is 2.64. The summed E-state index contributed by atoms with van der Waals surface area (Å²) in [6, 6.07) is 6.67. The molecule has 0 aliphatic heterocycles. The Balaban J connectivity index is 2.64. The molecule has 0 aliphatic rings. The zero-order chi connectivity index (χ0) is 14.8. The van der Waals surface area contributed by atoms with E-state index in [9.17, 15) is 18.0 Å². The van der Waals surface area contributed by atoms with Crippen LogP contribution in [0.25, 0.3) is 10.9 Å². The van der Waals surface area contributed by atoms with Crippen molar-refractivity contribution in [1.82, 2.24) is 4.98 Å². The number of aromatic nitrogens is 1. The quantitative estimate of drug-likeness (QED) is 0.687. The van der Waals surface area contributed by atoms with E-state index in [0.29, 0.717) is 10.9 Å². The van der Waals surface area contributed by atoms with Crippen molar-refractivity contribution in [2.75, 3.05) is 11.9 Å². The van der Waals surface area contributed by atoms with Crippen LogP contribution in [0.5, 0.6) is 0 Å². The lowest BCUT2D eigenvalue weighted by molar-refractivity contribution is -0.0884. The zero-order valence-electron chi connectivity index (χ0n) is 10.4. The summed E-state index contributed by atoms with van der Waals surface area (Å²) in [6.45, 7) is 3.74. The zero-order valence-corrected chi connectivity index (χ0v) is 10.4. The number of benzene rings is 1. The van der Waals surface area contributed by atoms with Gasteiger partial charge in [0, 0.05) is 18.1 Å². The van der Waals surface area contributed by atoms with Crippen LogP contribution >= 0.6 is 0 Å². The lowest BCUT2D eigenvalue weighted by Gasteiger charge is -2.14. The first kappa shape index (κ1) is 14.0. The fourth-order valence-electron chi connectivity index (χ4n) is 1.83. The van der Waals surface area contributed by atoms with E-state index in [4.69, 9.17) is 0 Å². The molecule has 0 unspecified atom stereocenters. The molecule has 1 heterocycles. The van der Waals surface area contributed by atoms with Gasteiger partial charge in [-0.25, -0.2) is 0 Å². The Morgan fingerprint density at radius 1 is 1.35 bits per heavy atom. The van der Waals surface area contributed by atoms with Gasteiger partial charge in [0.05, 0.1) is 16.8 Å². The summed E-state index contributed by atoms with van der Waals surface area (Å²) in [5, 5.41) is 3.24. The van der Waals surface area contributed by atoms with Crippen molar-refractivity contribution in [1.29, 1.82) is 0 Å². The Kier molecular flexibility index (Phi) is 3.74. The van der Waals surface area contributed by atoms with Gasteiger partial charge in [-0.1, -0.05) is 24.3 Å². The Hall–Kier alpha value is -2.37. The van der Waals surface area contributed by atoms with E-state index >= 15 is 0 Å². The lowest BCUT2D eigenvalue weighted by atomic mass is 10.1. The van der Waals surface area contributed by atoms with E-state index in [2.05, 4.69) is 16.9 Å². The van der Waals surface area contributed by atoms with E-state index in [-0.39, 0.29) is 12.2 Å². The molecule has 0 spiro atoms. The summed E-state index contributed by atoms with van der Waals surface area (Å²) >= 11 is 0. The maximum absolute atomic E-state index is 12.6. The SMILES string of the molecule is C=CCNc1c(C(=O)C(F)(F)F)cnc2ccccc12. The maximum atomic E-state index is 12.6. The second kappa shape index (κ2) is 5.32. The maximum Gasteiger partial charge on any atom is 0.455 e. The van der Waals surface area contributed by atoms with Gasteiger partial charge < -0.3 is 5.32 Å². The summed E-state index contributed by atoms with van der Waals surface area (Å²) in [6.07, 6.45) is -2.49. The van der Waals surface area contributed by atoms with Gasteiger partial charge in [-0.15, -0.1) is 6.58 Å². The average molecular weight is 280 g/mol. The molecular formula is C14H11F3N2O. The van der Waals surface area contributed by atoms with Crippen LogP contribution in [0.15, 0.2) is 43.1 Å². The van der Waals surface area contributed by atoms with Gasteiger partial charge in [-0.05, 0) is 6.07 Å². The highest BCUT2D eigenvalue weighted by Gasteiger charge is 2.41. The molecule has 0 radical (unpaired) electrons. The van der Waals surface area contributed by atoms with Crippen molar-refractivity contribution >= 4 is 22.4 Å². The number of alkyl halides is 3. The number of fused-ring (bicyclic) bond motifs is 1. The highest BCUT2D eigenvalue weighted by molar-refractivity contribution is 6.10. The van der Waals surface area contributed by atoms with E-state index in [1.165, 1.54) is 6.08 Å². The molecule has 2 aromatic rings. The van der Waals surface area contributed by atoms with Crippen LogP contribution in [0, 0.1) is 0 Å². The molecule has 20 heavy (non-hydrogen) atoms. The number of Topliss-reactive ketones (excluding diaryl/α,β-unsaturated/α-hetero) is 1. The van der Waals surface area contributed by atoms with Crippen molar-refractivity contribution in [3.63, 3.8) is 0 Å². The standard InChI is InChI=1S/C14H11F3N2O/c1-2-7-18-12-9-5-3-4-6-11(9)19-8-10(12)13(20)14(15,16)17/h2-6,8H,1,7H2,(H,18,19). The van der Waals surface area contributed by atoms with Crippen LogP contribution in [0.3, 0.4) is 0 Å². The van der Waals surface area contributed by atoms with Crippen molar-refractivity contribution in [3.8, 4) is 0 Å². The fourth-order valence-corrected chi connectivity index (χ4v) is 1.83. The summed E-state index contributed by atoms with van der Waals surface area (Å²) in [4.78, 5) is 15.4. The number of hydrogen-bond donors (Lipinski definition) is 1. The van der Waals surface area contributed by atoms with E-state index < -0.39 is 17.5 Å². The number of nitrogens with one attached hydrogen (secondary N) is 1. The minimum absolute atomic E-state index is 0.123. The Bertz CT molecular complexity index is 665. The molecule has 104 valence electrons. The van der Waals surface area contributed by atoms with Gasteiger partial charge in [0.15, 0.2) is 0 Å². The summed E-state index contributed by atoms with van der Waals surface area (Å²) in [7, 11) is 0. The molecule has 1 N–H and O–H groups in total. The predicted octanol–water partition coefficient (Wildman–Crippen LogP) is 3.58. The van der Waals surface area contributed by atoms with Crippen molar-refractivity contribution < 1.29 is 18.0 Å². The third-order valence-electron chi connectivity index (χ3n) is 2.70. The predicted molar refractivity (Wildman–Crippen MR) is 70.8 cm³/mol. The Labute approximate surface area is 113 Å². The monoisotopic (exact) mass is 280 g/mol. The first-order valence-electron chi connectivity index (χ1n) is 5.79. The molecular weight excluding hydrogens is 269 g/mol. The van der Waals surface area contributed by atoms with Gasteiger partial charge in [0.25, 0.3) is 5.78 Å². The van der Waals surface area contributed by atoms with Crippen LogP contribution in [0.2, 0.25) is 0 Å². The molecule has 0 aliphatic carbocycles. The molecule has 2 rings (SSSR count). The summed E-state index contributed by atoms with van der Waals surface area (Å²) in [5.41, 5.74) is 0.147. The number of hydrogen-bond acceptors (Lipinski definition) is 3. The Morgan fingerprint density at radius 2 is 2.05 bits per heavy atom. The number of para-hydroxylation sites is 1. The van der Waals surface area contributed by atoms with Gasteiger partial charge in [-0.3, -0.25) is 9.78 Å². The molecule has 1 aromatic carbocycles. The van der Waals surface area contributed by atoms with Gasteiger partial charge in [0.1, 0.15) is 0 Å². The third-order valence-corrected chi connectivity index (χ3v) is 2.70. The van der Waals surface area contributed by atoms with Gasteiger partial charge in [0.2, 0.25) is 0 Å². The first-order valence-corrected chi connectivity index (χ1v) is 5.79. The number of carbonyl (C=O) groups is 1. The molecule has 0 saturated heterocycles. The van der Waals surface area contributed by atoms with Crippen LogP contribution < -0.4 is 5.32 Å². The number of carbonyl (C=O) groups excluding carboxylic acids is 1. The topological polar surface area (TPSA) is 42.0 Å². The van der Waals surface area contributed by atoms with E-state index in [0.717, 1.165) is 6.20 Å². The number of pyridine rings is 1. The van der Waals surface area contributed by atoms with Crippen molar-refractivity contribution in [2.24, 2.45) is 0 Å². The number of rotatable bonds is 4. The number of nitrogens with zero attached hydrogens (tertiary/aromatic N) is 1. The van der Waals surface area contributed by atoms with Crippen molar-refractivity contribution in [2.45, 2.75) is 6.18 Å². The highest BCUT2D eigenvalue weighted by Crippen LogP contribution is 2.30. The first-order chi connectivity index (χ1) is 9.45. The molecule has 3 nitrogen and oxygen atoms in total. The molecule has 0 amide bonds. The minimum Gasteiger partial charge on any atom is -0.380 e. The second-order valence-electron chi connectivity index (χ2n) is 4.06. The minimum atomic E-state index is -4.94. The summed E-state index contributed by atoms with van der Waals surface area (Å²) < 4.78 is 37.8. The fraction of sp³-hybridized carbons (Fsp3) is 0.143. The van der Waals surface area contributed by atoms with Crippen LogP contribution in [0.1, 0.15) is 10.4 Å². The highest BCUT2D eigenvalue weighted by atomic mass is 19.4. The second-order valence-corrected chi connectivity index (χ2v) is 4.06. The number of halogens is 3. The normalized spacial score (nSPS) is 11.3.